The van der Waals surface area contributed by atoms with Crippen molar-refractivity contribution < 1.29 is 15.0 Å². The maximum atomic E-state index is 10.7. The quantitative estimate of drug-likeness (QED) is 0.725. The van der Waals surface area contributed by atoms with Gasteiger partial charge in [-0.1, -0.05) is 23.7 Å². The van der Waals surface area contributed by atoms with Crippen LogP contribution >= 0.6 is 11.6 Å². The number of aromatic hydroxyl groups is 1. The van der Waals surface area contributed by atoms with Gasteiger partial charge in [0.2, 0.25) is 5.88 Å². The summed E-state index contributed by atoms with van der Waals surface area (Å²) in [5, 5.41) is 29.7. The van der Waals surface area contributed by atoms with Gasteiger partial charge in [0, 0.05) is 10.4 Å². The molecule has 6 nitrogen and oxygen atoms in total. The third-order valence-corrected chi connectivity index (χ3v) is 3.32. The zero-order valence-electron chi connectivity index (χ0n) is 11.1. The highest BCUT2D eigenvalue weighted by Gasteiger charge is 2.10. The van der Waals surface area contributed by atoms with Gasteiger partial charge < -0.3 is 20.0 Å². The molecule has 1 aromatic heterocycles. The molecule has 2 aromatic carbocycles. The molecule has 0 spiro atoms. The number of nitrogens with zero attached hydrogens (tertiary/aromatic N) is 2. The first-order chi connectivity index (χ1) is 10.5. The molecule has 0 atom stereocenters. The van der Waals surface area contributed by atoms with Gasteiger partial charge in [-0.05, 0) is 35.9 Å². The molecule has 0 amide bonds. The number of aromatic carboxylic acids is 1. The Labute approximate surface area is 129 Å². The first-order valence-corrected chi connectivity index (χ1v) is 6.66. The van der Waals surface area contributed by atoms with Gasteiger partial charge >= 0.3 is 0 Å². The lowest BCUT2D eigenvalue weighted by molar-refractivity contribution is -0.255. The number of carbonyl (C=O) groups excluding carboxylic acids is 1. The van der Waals surface area contributed by atoms with E-state index < -0.39 is 5.97 Å². The van der Waals surface area contributed by atoms with Crippen LogP contribution in [-0.2, 0) is 0 Å². The average molecular weight is 315 g/mol. The highest BCUT2D eigenvalue weighted by atomic mass is 35.5. The summed E-state index contributed by atoms with van der Waals surface area (Å²) in [4.78, 5) is 13.4. The van der Waals surface area contributed by atoms with Gasteiger partial charge in [0.1, 0.15) is 0 Å². The van der Waals surface area contributed by atoms with Crippen molar-refractivity contribution in [2.45, 2.75) is 0 Å². The molecule has 0 aliphatic heterocycles. The maximum Gasteiger partial charge on any atom is 0.218 e. The van der Waals surface area contributed by atoms with Crippen molar-refractivity contribution in [3.8, 4) is 5.88 Å². The van der Waals surface area contributed by atoms with Crippen LogP contribution in [0.2, 0.25) is 5.02 Å². The molecule has 1 heterocycles. The minimum absolute atomic E-state index is 0.0588. The van der Waals surface area contributed by atoms with Crippen LogP contribution in [0.4, 0.5) is 11.4 Å². The van der Waals surface area contributed by atoms with Gasteiger partial charge in [-0.15, -0.1) is 5.11 Å². The Kier molecular flexibility index (Phi) is 3.52. The zero-order chi connectivity index (χ0) is 15.7. The molecule has 7 heteroatoms. The second-order valence-corrected chi connectivity index (χ2v) is 4.98. The van der Waals surface area contributed by atoms with Crippen LogP contribution in [-0.4, -0.2) is 16.1 Å². The molecule has 0 unspecified atom stereocenters. The summed E-state index contributed by atoms with van der Waals surface area (Å²) in [6.07, 6.45) is 0. The van der Waals surface area contributed by atoms with E-state index in [0.717, 1.165) is 0 Å². The van der Waals surface area contributed by atoms with Crippen molar-refractivity contribution in [2.75, 3.05) is 0 Å². The first kappa shape index (κ1) is 14.1. The Morgan fingerprint density at radius 2 is 1.86 bits per heavy atom. The van der Waals surface area contributed by atoms with Crippen LogP contribution in [0.25, 0.3) is 10.9 Å². The fraction of sp³-hybridized carbons (Fsp3) is 0. The predicted molar refractivity (Wildman–Crippen MR) is 79.9 cm³/mol. The summed E-state index contributed by atoms with van der Waals surface area (Å²) in [6.45, 7) is 0. The number of carboxylic acids is 1. The third kappa shape index (κ3) is 2.64. The number of fused-ring (bicyclic) bond motifs is 1. The SMILES string of the molecule is O=C([O-])c1ccc(N=Nc2c(O)[nH]c3cc(Cl)ccc23)cc1. The Hall–Kier alpha value is -2.86. The van der Waals surface area contributed by atoms with Crippen LogP contribution in [0.3, 0.4) is 0 Å². The van der Waals surface area contributed by atoms with Crippen molar-refractivity contribution in [2.24, 2.45) is 10.2 Å². The fourth-order valence-corrected chi connectivity index (χ4v) is 2.19. The van der Waals surface area contributed by atoms with E-state index in [1.807, 2.05) is 0 Å². The topological polar surface area (TPSA) is 101 Å². The summed E-state index contributed by atoms with van der Waals surface area (Å²) < 4.78 is 0. The second-order valence-electron chi connectivity index (χ2n) is 4.55. The van der Waals surface area contributed by atoms with Gasteiger partial charge in [-0.3, -0.25) is 0 Å². The van der Waals surface area contributed by atoms with Crippen molar-refractivity contribution in [3.05, 3.63) is 53.1 Å². The number of H-pyrrole nitrogens is 1. The molecular formula is C15H9ClN3O3-. The Balaban J connectivity index is 1.95. The number of azo groups is 1. The predicted octanol–water partition coefficient (Wildman–Crippen LogP) is 3.31. The third-order valence-electron chi connectivity index (χ3n) is 3.08. The molecule has 3 rings (SSSR count). The van der Waals surface area contributed by atoms with E-state index in [2.05, 4.69) is 15.2 Å². The zero-order valence-corrected chi connectivity index (χ0v) is 11.8. The van der Waals surface area contributed by atoms with Gasteiger partial charge in [0.05, 0.1) is 17.2 Å². The molecular weight excluding hydrogens is 306 g/mol. The van der Waals surface area contributed by atoms with E-state index in [1.54, 1.807) is 18.2 Å². The lowest BCUT2D eigenvalue weighted by Gasteiger charge is -2.00. The van der Waals surface area contributed by atoms with Crippen LogP contribution in [0.5, 0.6) is 5.88 Å². The lowest BCUT2D eigenvalue weighted by Crippen LogP contribution is -2.21. The van der Waals surface area contributed by atoms with Gasteiger partial charge in [-0.25, -0.2) is 0 Å². The number of hydrogen-bond acceptors (Lipinski definition) is 5. The molecule has 2 N–H and O–H groups in total. The number of nitrogens with one attached hydrogen (secondary N) is 1. The first-order valence-electron chi connectivity index (χ1n) is 6.28. The van der Waals surface area contributed by atoms with Gasteiger partial charge in [0.15, 0.2) is 5.69 Å². The summed E-state index contributed by atoms with van der Waals surface area (Å²) in [6, 6.07) is 10.8. The number of rotatable bonds is 3. The van der Waals surface area contributed by atoms with E-state index in [-0.39, 0.29) is 17.1 Å². The van der Waals surface area contributed by atoms with Gasteiger partial charge in [-0.2, -0.15) is 5.11 Å². The van der Waals surface area contributed by atoms with Crippen LogP contribution in [0.15, 0.2) is 52.7 Å². The smallest absolute Gasteiger partial charge is 0.218 e. The maximum absolute atomic E-state index is 10.7. The number of aromatic amines is 1. The fourth-order valence-electron chi connectivity index (χ4n) is 2.01. The summed E-state index contributed by atoms with van der Waals surface area (Å²) in [5.41, 5.74) is 1.44. The molecule has 0 saturated carbocycles. The number of benzene rings is 2. The van der Waals surface area contributed by atoms with Crippen molar-refractivity contribution in [3.63, 3.8) is 0 Å². The second kappa shape index (κ2) is 5.50. The monoisotopic (exact) mass is 314 g/mol. The van der Waals surface area contributed by atoms with E-state index in [9.17, 15) is 15.0 Å². The number of aromatic nitrogens is 1. The molecule has 0 aliphatic carbocycles. The summed E-state index contributed by atoms with van der Waals surface area (Å²) in [5.74, 6) is -1.37. The number of carboxylic acid groups (broad SMARTS) is 1. The highest BCUT2D eigenvalue weighted by molar-refractivity contribution is 6.31. The van der Waals surface area contributed by atoms with E-state index in [1.165, 1.54) is 24.3 Å². The molecule has 0 saturated heterocycles. The molecule has 0 fully saturated rings. The Morgan fingerprint density at radius 1 is 1.14 bits per heavy atom. The Bertz CT molecular complexity index is 885. The molecule has 22 heavy (non-hydrogen) atoms. The van der Waals surface area contributed by atoms with Crippen LogP contribution in [0, 0.1) is 0 Å². The van der Waals surface area contributed by atoms with Crippen LogP contribution < -0.4 is 5.11 Å². The highest BCUT2D eigenvalue weighted by Crippen LogP contribution is 2.37. The van der Waals surface area contributed by atoms with Crippen LogP contribution in [0.1, 0.15) is 10.4 Å². The molecule has 0 radical (unpaired) electrons. The minimum atomic E-state index is -1.25. The largest absolute Gasteiger partial charge is 0.545 e. The molecule has 110 valence electrons. The van der Waals surface area contributed by atoms with E-state index in [4.69, 9.17) is 11.6 Å². The average Bonchev–Trinajstić information content (AvgIpc) is 2.80. The lowest BCUT2D eigenvalue weighted by atomic mass is 10.2. The number of carbonyl (C=O) groups is 1. The van der Waals surface area contributed by atoms with Crippen molar-refractivity contribution in [1.29, 1.82) is 0 Å². The number of halogens is 1. The molecule has 3 aromatic rings. The standard InChI is InChI=1S/C15H10ClN3O3/c16-9-3-6-11-12(7-9)17-14(20)13(11)19-18-10-4-1-8(2-5-10)15(21)22/h1-7,17,20H,(H,21,22)/p-1. The molecule has 0 aliphatic rings. The number of hydrogen-bond donors (Lipinski definition) is 2. The van der Waals surface area contributed by atoms with Crippen molar-refractivity contribution >= 4 is 39.8 Å². The summed E-state index contributed by atoms with van der Waals surface area (Å²) >= 11 is 5.88. The minimum Gasteiger partial charge on any atom is -0.545 e. The Morgan fingerprint density at radius 3 is 2.55 bits per heavy atom. The van der Waals surface area contributed by atoms with E-state index in [0.29, 0.717) is 21.6 Å². The summed E-state index contributed by atoms with van der Waals surface area (Å²) in [7, 11) is 0. The van der Waals surface area contributed by atoms with E-state index >= 15 is 0 Å². The van der Waals surface area contributed by atoms with Crippen molar-refractivity contribution in [1.82, 2.24) is 4.98 Å². The normalized spacial score (nSPS) is 11.3. The van der Waals surface area contributed by atoms with Gasteiger partial charge in [0.25, 0.3) is 0 Å². The molecule has 0 bridgehead atoms.